The monoisotopic (exact) mass is 430 g/mol. The number of thiazole rings is 1. The minimum atomic E-state index is -1.21. The van der Waals surface area contributed by atoms with Crippen LogP contribution in [0.4, 0.5) is 0 Å². The van der Waals surface area contributed by atoms with Gasteiger partial charge in [0.2, 0.25) is 5.91 Å². The fraction of sp³-hybridized carbons (Fsp3) is 0.500. The van der Waals surface area contributed by atoms with Crippen molar-refractivity contribution >= 4 is 23.0 Å². The van der Waals surface area contributed by atoms with E-state index in [-0.39, 0.29) is 18.6 Å². The molecule has 8 heteroatoms. The van der Waals surface area contributed by atoms with Crippen molar-refractivity contribution in [2.45, 2.75) is 64.3 Å². The lowest BCUT2D eigenvalue weighted by atomic mass is 9.82. The van der Waals surface area contributed by atoms with E-state index < -0.39 is 35.0 Å². The van der Waals surface area contributed by atoms with Crippen LogP contribution in [-0.4, -0.2) is 45.5 Å². The number of hydrogen-bond donors (Lipinski definition) is 4. The molecule has 2 heterocycles. The number of aromatic nitrogens is 1. The van der Waals surface area contributed by atoms with Crippen LogP contribution in [-0.2, 0) is 16.0 Å². The van der Waals surface area contributed by atoms with Crippen molar-refractivity contribution in [1.82, 2.24) is 10.3 Å². The van der Waals surface area contributed by atoms with Crippen molar-refractivity contribution in [3.8, 4) is 10.4 Å². The quantitative estimate of drug-likeness (QED) is 0.550. The first-order valence-corrected chi connectivity index (χ1v) is 10.9. The SMILES string of the molecule is Cc1ncsc1-c1ccc(CC2(C(N)=O)CC(O)C(C(=O)[C@@H](N)C(C)(C)C)N2)cc1. The van der Waals surface area contributed by atoms with E-state index in [4.69, 9.17) is 11.5 Å². The Labute approximate surface area is 180 Å². The second kappa shape index (κ2) is 8.19. The van der Waals surface area contributed by atoms with Crippen LogP contribution < -0.4 is 16.8 Å². The molecule has 0 aliphatic carbocycles. The van der Waals surface area contributed by atoms with Crippen molar-refractivity contribution in [1.29, 1.82) is 0 Å². The minimum Gasteiger partial charge on any atom is -0.391 e. The number of nitrogens with one attached hydrogen (secondary N) is 1. The molecule has 1 aliphatic rings. The molecule has 1 aliphatic heterocycles. The van der Waals surface area contributed by atoms with Crippen molar-refractivity contribution < 1.29 is 14.7 Å². The highest BCUT2D eigenvalue weighted by molar-refractivity contribution is 7.13. The third-order valence-corrected chi connectivity index (χ3v) is 6.84. The first-order valence-electron chi connectivity index (χ1n) is 9.99. The van der Waals surface area contributed by atoms with E-state index >= 15 is 0 Å². The highest BCUT2D eigenvalue weighted by Gasteiger charge is 2.52. The molecule has 4 atom stereocenters. The summed E-state index contributed by atoms with van der Waals surface area (Å²) in [6.07, 6.45) is -0.696. The maximum absolute atomic E-state index is 12.9. The summed E-state index contributed by atoms with van der Waals surface area (Å²) in [5.41, 5.74) is 14.9. The molecular weight excluding hydrogens is 400 g/mol. The molecule has 0 bridgehead atoms. The van der Waals surface area contributed by atoms with E-state index in [9.17, 15) is 14.7 Å². The Hall–Kier alpha value is -2.13. The van der Waals surface area contributed by atoms with Gasteiger partial charge in [-0.1, -0.05) is 45.0 Å². The van der Waals surface area contributed by atoms with Gasteiger partial charge < -0.3 is 16.6 Å². The second-order valence-corrected chi connectivity index (χ2v) is 10.1. The molecule has 3 rings (SSSR count). The summed E-state index contributed by atoms with van der Waals surface area (Å²) in [5, 5.41) is 13.6. The molecule has 30 heavy (non-hydrogen) atoms. The molecule has 1 aromatic heterocycles. The fourth-order valence-electron chi connectivity index (χ4n) is 3.89. The van der Waals surface area contributed by atoms with Gasteiger partial charge in [0.05, 0.1) is 34.3 Å². The number of ketones is 1. The number of Topliss-reactive ketones (excluding diaryl/α,β-unsaturated/α-hetero) is 1. The lowest BCUT2D eigenvalue weighted by molar-refractivity contribution is -0.126. The van der Waals surface area contributed by atoms with Gasteiger partial charge in [-0.3, -0.25) is 14.9 Å². The molecule has 162 valence electrons. The highest BCUT2D eigenvalue weighted by atomic mass is 32.1. The Morgan fingerprint density at radius 2 is 1.97 bits per heavy atom. The Balaban J connectivity index is 1.81. The van der Waals surface area contributed by atoms with Gasteiger partial charge in [-0.15, -0.1) is 11.3 Å². The Bertz CT molecular complexity index is 935. The summed E-state index contributed by atoms with van der Waals surface area (Å²) in [6.45, 7) is 7.56. The van der Waals surface area contributed by atoms with Crippen molar-refractivity contribution in [3.63, 3.8) is 0 Å². The molecule has 3 unspecified atom stereocenters. The summed E-state index contributed by atoms with van der Waals surface area (Å²) in [4.78, 5) is 30.6. The summed E-state index contributed by atoms with van der Waals surface area (Å²) < 4.78 is 0. The number of benzene rings is 1. The second-order valence-electron chi connectivity index (χ2n) is 9.23. The largest absolute Gasteiger partial charge is 0.391 e. The summed E-state index contributed by atoms with van der Waals surface area (Å²) in [5.74, 6) is -0.905. The lowest BCUT2D eigenvalue weighted by Gasteiger charge is -2.30. The molecular formula is C22H30N4O3S. The molecule has 1 saturated heterocycles. The molecule has 6 N–H and O–H groups in total. The number of hydrogen-bond acceptors (Lipinski definition) is 7. The third kappa shape index (κ3) is 4.32. The number of aliphatic hydroxyl groups is 1. The molecule has 2 aromatic rings. The molecule has 7 nitrogen and oxygen atoms in total. The molecule has 0 spiro atoms. The van der Waals surface area contributed by atoms with Crippen LogP contribution in [0.3, 0.4) is 0 Å². The molecule has 1 aromatic carbocycles. The van der Waals surface area contributed by atoms with E-state index in [1.54, 1.807) is 11.3 Å². The first kappa shape index (κ1) is 22.6. The van der Waals surface area contributed by atoms with Gasteiger partial charge in [0.15, 0.2) is 5.78 Å². The van der Waals surface area contributed by atoms with Gasteiger partial charge in [0.1, 0.15) is 5.54 Å². The third-order valence-electron chi connectivity index (χ3n) is 5.86. The van der Waals surface area contributed by atoms with Crippen LogP contribution in [0.1, 0.15) is 38.4 Å². The van der Waals surface area contributed by atoms with Gasteiger partial charge in [-0.25, -0.2) is 4.98 Å². The lowest BCUT2D eigenvalue weighted by Crippen LogP contribution is -2.59. The van der Waals surface area contributed by atoms with Crippen LogP contribution in [0.15, 0.2) is 29.8 Å². The maximum Gasteiger partial charge on any atom is 0.238 e. The number of aryl methyl sites for hydroxylation is 1. The van der Waals surface area contributed by atoms with Crippen LogP contribution in [0.25, 0.3) is 10.4 Å². The standard InChI is InChI=1S/C22H30N4O3S/c1-12-18(30-11-25-12)14-7-5-13(6-8-14)9-22(20(24)29)10-15(27)16(26-22)17(28)19(23)21(2,3)4/h5-8,11,15-16,19,26-27H,9-10,23H2,1-4H3,(H2,24,29)/t15?,16?,19-,22?/m1/s1. The van der Waals surface area contributed by atoms with E-state index in [0.29, 0.717) is 0 Å². The number of aliphatic hydroxyl groups excluding tert-OH is 1. The zero-order chi connectivity index (χ0) is 22.3. The topological polar surface area (TPSA) is 131 Å². The number of nitrogens with zero attached hydrogens (tertiary/aromatic N) is 1. The van der Waals surface area contributed by atoms with Crippen molar-refractivity contribution in [3.05, 3.63) is 41.0 Å². The predicted octanol–water partition coefficient (Wildman–Crippen LogP) is 1.55. The van der Waals surface area contributed by atoms with Crippen LogP contribution >= 0.6 is 11.3 Å². The number of amides is 1. The van der Waals surface area contributed by atoms with Crippen LogP contribution in [0, 0.1) is 12.3 Å². The van der Waals surface area contributed by atoms with E-state index in [2.05, 4.69) is 10.3 Å². The first-order chi connectivity index (χ1) is 13.9. The van der Waals surface area contributed by atoms with Gasteiger partial charge in [0.25, 0.3) is 0 Å². The van der Waals surface area contributed by atoms with Crippen LogP contribution in [0.5, 0.6) is 0 Å². The summed E-state index contributed by atoms with van der Waals surface area (Å²) in [6, 6.07) is 6.13. The minimum absolute atomic E-state index is 0.0608. The van der Waals surface area contributed by atoms with Gasteiger partial charge in [0, 0.05) is 6.42 Å². The normalized spacial score (nSPS) is 25.3. The number of carbonyl (C=O) groups excluding carboxylic acids is 2. The maximum atomic E-state index is 12.9. The van der Waals surface area contributed by atoms with Gasteiger partial charge in [-0.2, -0.15) is 0 Å². The summed E-state index contributed by atoms with van der Waals surface area (Å²) >= 11 is 1.57. The number of primary amides is 1. The Morgan fingerprint density at radius 3 is 2.47 bits per heavy atom. The Kier molecular flexibility index (Phi) is 6.15. The highest BCUT2D eigenvalue weighted by Crippen LogP contribution is 2.32. The smallest absolute Gasteiger partial charge is 0.238 e. The predicted molar refractivity (Wildman–Crippen MR) is 118 cm³/mol. The average Bonchev–Trinajstić information content (AvgIpc) is 3.24. The molecule has 0 saturated carbocycles. The van der Waals surface area contributed by atoms with E-state index in [1.807, 2.05) is 57.5 Å². The van der Waals surface area contributed by atoms with Crippen molar-refractivity contribution in [2.24, 2.45) is 16.9 Å². The molecule has 0 radical (unpaired) electrons. The number of rotatable bonds is 6. The molecule has 1 amide bonds. The van der Waals surface area contributed by atoms with Crippen molar-refractivity contribution in [2.75, 3.05) is 0 Å². The number of nitrogens with two attached hydrogens (primary N) is 2. The summed E-state index contributed by atoms with van der Waals surface area (Å²) in [7, 11) is 0. The Morgan fingerprint density at radius 1 is 1.33 bits per heavy atom. The van der Waals surface area contributed by atoms with Gasteiger partial charge in [-0.05, 0) is 29.9 Å². The number of carbonyl (C=O) groups is 2. The van der Waals surface area contributed by atoms with Crippen LogP contribution in [0.2, 0.25) is 0 Å². The average molecular weight is 431 g/mol. The molecule has 1 fully saturated rings. The van der Waals surface area contributed by atoms with E-state index in [0.717, 1.165) is 21.7 Å². The van der Waals surface area contributed by atoms with E-state index in [1.165, 1.54) is 0 Å². The fourth-order valence-corrected chi connectivity index (χ4v) is 4.70. The zero-order valence-electron chi connectivity index (χ0n) is 17.8. The zero-order valence-corrected chi connectivity index (χ0v) is 18.6. The van der Waals surface area contributed by atoms with Gasteiger partial charge >= 0.3 is 0 Å².